The molecule has 2 nitrogen and oxygen atoms in total. The highest BCUT2D eigenvalue weighted by molar-refractivity contribution is 8.13. The van der Waals surface area contributed by atoms with Crippen molar-refractivity contribution in [2.45, 2.75) is 4.90 Å². The minimum absolute atomic E-state index is 0. The van der Waals surface area contributed by atoms with Gasteiger partial charge in [-0.15, -0.1) is 12.4 Å². The lowest BCUT2D eigenvalue weighted by molar-refractivity contribution is 0.607. The molecule has 1 aromatic carbocycles. The van der Waals surface area contributed by atoms with Crippen molar-refractivity contribution in [1.82, 2.24) is 0 Å². The first-order chi connectivity index (χ1) is 5.00. The van der Waals surface area contributed by atoms with Gasteiger partial charge in [0.2, 0.25) is 0 Å². The van der Waals surface area contributed by atoms with E-state index in [1.807, 2.05) is 0 Å². The van der Waals surface area contributed by atoms with Crippen LogP contribution in [0.2, 0.25) is 0 Å². The molecule has 0 saturated heterocycles. The molecule has 0 saturated carbocycles. The zero-order chi connectivity index (χ0) is 8.48. The van der Waals surface area contributed by atoms with Gasteiger partial charge in [-0.05, 0) is 24.3 Å². The second-order valence-electron chi connectivity index (χ2n) is 1.89. The maximum absolute atomic E-state index is 12.2. The predicted octanol–water partition coefficient (Wildman–Crippen LogP) is 2.17. The lowest BCUT2D eigenvalue weighted by Gasteiger charge is -1.93. The van der Waals surface area contributed by atoms with Crippen LogP contribution in [0.5, 0.6) is 0 Å². The fourth-order valence-corrected chi connectivity index (χ4v) is 1.37. The fourth-order valence-electron chi connectivity index (χ4n) is 0.597. The van der Waals surface area contributed by atoms with E-state index in [0.29, 0.717) is 0 Å². The van der Waals surface area contributed by atoms with Crippen LogP contribution in [0, 0.1) is 5.82 Å². The molecular weight excluding hydrogens is 226 g/mol. The Labute approximate surface area is 80.2 Å². The van der Waals surface area contributed by atoms with Crippen molar-refractivity contribution in [3.63, 3.8) is 0 Å². The molecule has 0 aliphatic carbocycles. The molecule has 12 heavy (non-hydrogen) atoms. The fraction of sp³-hybridized carbons (Fsp3) is 0. The van der Waals surface area contributed by atoms with Crippen LogP contribution in [0.4, 0.5) is 4.39 Å². The van der Waals surface area contributed by atoms with Crippen molar-refractivity contribution in [2.24, 2.45) is 0 Å². The van der Waals surface area contributed by atoms with E-state index in [2.05, 4.69) is 0 Å². The molecule has 6 heteroatoms. The molecule has 0 N–H and O–H groups in total. The van der Waals surface area contributed by atoms with Gasteiger partial charge in [0.05, 0.1) is 4.90 Å². The normalized spacial score (nSPS) is 10.5. The van der Waals surface area contributed by atoms with E-state index in [0.717, 1.165) is 24.3 Å². The SMILES string of the molecule is Cl.O=S(=O)(Cl)c1ccc(F)cc1. The third-order valence-corrected chi connectivity index (χ3v) is 2.46. The molecule has 0 amide bonds. The van der Waals surface area contributed by atoms with E-state index < -0.39 is 14.9 Å². The largest absolute Gasteiger partial charge is 0.261 e. The van der Waals surface area contributed by atoms with Crippen LogP contribution in [0.25, 0.3) is 0 Å². The Balaban J connectivity index is 0.00000121. The second-order valence-corrected chi connectivity index (χ2v) is 4.46. The van der Waals surface area contributed by atoms with Gasteiger partial charge in [-0.3, -0.25) is 0 Å². The third kappa shape index (κ3) is 2.97. The molecule has 0 bridgehead atoms. The molecule has 1 rings (SSSR count). The van der Waals surface area contributed by atoms with Gasteiger partial charge in [0, 0.05) is 10.7 Å². The third-order valence-electron chi connectivity index (χ3n) is 1.10. The molecule has 0 heterocycles. The van der Waals surface area contributed by atoms with Gasteiger partial charge in [0.25, 0.3) is 9.05 Å². The molecule has 0 fully saturated rings. The standard InChI is InChI=1S/C6H4ClFO2S.ClH/c7-11(9,10)6-3-1-5(8)2-4-6;/h1-4H;1H. The lowest BCUT2D eigenvalue weighted by Crippen LogP contribution is -1.89. The van der Waals surface area contributed by atoms with Crippen LogP contribution < -0.4 is 0 Å². The summed E-state index contributed by atoms with van der Waals surface area (Å²) in [6.45, 7) is 0. The molecule has 0 aliphatic heterocycles. The molecule has 1 aromatic rings. The summed E-state index contributed by atoms with van der Waals surface area (Å²) in [5, 5.41) is 0. The number of rotatable bonds is 1. The summed E-state index contributed by atoms with van der Waals surface area (Å²) in [7, 11) is 1.25. The van der Waals surface area contributed by atoms with Crippen molar-refractivity contribution >= 4 is 32.1 Å². The van der Waals surface area contributed by atoms with Gasteiger partial charge in [0.15, 0.2) is 0 Å². The number of halogens is 3. The Morgan fingerprint density at radius 2 is 1.58 bits per heavy atom. The highest BCUT2D eigenvalue weighted by Crippen LogP contribution is 2.14. The molecule has 0 spiro atoms. The Morgan fingerprint density at radius 1 is 1.17 bits per heavy atom. The maximum atomic E-state index is 12.2. The summed E-state index contributed by atoms with van der Waals surface area (Å²) in [6.07, 6.45) is 0. The summed E-state index contributed by atoms with van der Waals surface area (Å²) in [5.74, 6) is -0.492. The van der Waals surface area contributed by atoms with E-state index >= 15 is 0 Å². The highest BCUT2D eigenvalue weighted by Gasteiger charge is 2.08. The van der Waals surface area contributed by atoms with E-state index in [4.69, 9.17) is 10.7 Å². The molecular formula is C6H5Cl2FO2S. The molecule has 0 aliphatic rings. The Morgan fingerprint density at radius 3 is 1.92 bits per heavy atom. The van der Waals surface area contributed by atoms with Gasteiger partial charge >= 0.3 is 0 Å². The van der Waals surface area contributed by atoms with Crippen LogP contribution in [-0.2, 0) is 9.05 Å². The number of benzene rings is 1. The van der Waals surface area contributed by atoms with E-state index in [9.17, 15) is 12.8 Å². The maximum Gasteiger partial charge on any atom is 0.261 e. The van der Waals surface area contributed by atoms with Crippen molar-refractivity contribution < 1.29 is 12.8 Å². The molecule has 0 unspecified atom stereocenters. The van der Waals surface area contributed by atoms with Crippen molar-refractivity contribution in [1.29, 1.82) is 0 Å². The summed E-state index contributed by atoms with van der Waals surface area (Å²) in [6, 6.07) is 4.29. The topological polar surface area (TPSA) is 34.1 Å². The first-order valence-corrected chi connectivity index (χ1v) is 5.01. The second kappa shape index (κ2) is 4.07. The first kappa shape index (κ1) is 11.7. The molecule has 0 radical (unpaired) electrons. The van der Waals surface area contributed by atoms with Crippen molar-refractivity contribution in [2.75, 3.05) is 0 Å². The van der Waals surface area contributed by atoms with Crippen molar-refractivity contribution in [3.8, 4) is 0 Å². The zero-order valence-electron chi connectivity index (χ0n) is 5.70. The minimum Gasteiger partial charge on any atom is -0.207 e. The smallest absolute Gasteiger partial charge is 0.207 e. The minimum atomic E-state index is -3.71. The van der Waals surface area contributed by atoms with Crippen LogP contribution in [0.15, 0.2) is 29.2 Å². The Kier molecular flexibility index (Phi) is 3.96. The molecule has 0 atom stereocenters. The highest BCUT2D eigenvalue weighted by atomic mass is 35.7. The summed E-state index contributed by atoms with van der Waals surface area (Å²) in [5.41, 5.74) is 0. The average Bonchev–Trinajstić information content (AvgIpc) is 1.86. The lowest BCUT2D eigenvalue weighted by atomic mass is 10.4. The zero-order valence-corrected chi connectivity index (χ0v) is 8.09. The average molecular weight is 231 g/mol. The van der Waals surface area contributed by atoms with Gasteiger partial charge in [0.1, 0.15) is 5.82 Å². The van der Waals surface area contributed by atoms with E-state index in [-0.39, 0.29) is 17.3 Å². The summed E-state index contributed by atoms with van der Waals surface area (Å²) < 4.78 is 33.4. The van der Waals surface area contributed by atoms with Gasteiger partial charge < -0.3 is 0 Å². The number of hydrogen-bond donors (Lipinski definition) is 0. The Hall–Kier alpha value is -0.320. The van der Waals surface area contributed by atoms with Crippen LogP contribution in [-0.4, -0.2) is 8.42 Å². The van der Waals surface area contributed by atoms with E-state index in [1.54, 1.807) is 0 Å². The Bertz CT molecular complexity index is 346. The van der Waals surface area contributed by atoms with Crippen LogP contribution >= 0.6 is 23.1 Å². The van der Waals surface area contributed by atoms with Crippen molar-refractivity contribution in [3.05, 3.63) is 30.1 Å². The van der Waals surface area contributed by atoms with Gasteiger partial charge in [-0.25, -0.2) is 12.8 Å². The first-order valence-electron chi connectivity index (χ1n) is 2.70. The monoisotopic (exact) mass is 230 g/mol. The summed E-state index contributed by atoms with van der Waals surface area (Å²) >= 11 is 0. The molecule has 68 valence electrons. The molecule has 0 aromatic heterocycles. The van der Waals surface area contributed by atoms with E-state index in [1.165, 1.54) is 0 Å². The summed E-state index contributed by atoms with van der Waals surface area (Å²) in [4.78, 5) is -0.0967. The number of hydrogen-bond acceptors (Lipinski definition) is 2. The van der Waals surface area contributed by atoms with Crippen LogP contribution in [0.1, 0.15) is 0 Å². The van der Waals surface area contributed by atoms with Gasteiger partial charge in [-0.1, -0.05) is 0 Å². The predicted molar refractivity (Wildman–Crippen MR) is 46.7 cm³/mol. The van der Waals surface area contributed by atoms with Crippen LogP contribution in [0.3, 0.4) is 0 Å². The quantitative estimate of drug-likeness (QED) is 0.694. The van der Waals surface area contributed by atoms with Gasteiger partial charge in [-0.2, -0.15) is 0 Å².